The quantitative estimate of drug-likeness (QED) is 0.777. The molecule has 0 saturated heterocycles. The zero-order valence-corrected chi connectivity index (χ0v) is 11.7. The van der Waals surface area contributed by atoms with Crippen LogP contribution in [0.15, 0.2) is 34.2 Å². The average molecular weight is 301 g/mol. The Balaban J connectivity index is 2.24. The summed E-state index contributed by atoms with van der Waals surface area (Å²) in [5.74, 6) is -1.09. The van der Waals surface area contributed by atoms with Gasteiger partial charge in [-0.3, -0.25) is 0 Å². The van der Waals surface area contributed by atoms with Crippen LogP contribution in [-0.2, 0) is 6.42 Å². The number of aromatic nitrogens is 2. The van der Waals surface area contributed by atoms with Gasteiger partial charge in [0.15, 0.2) is 11.6 Å². The molecule has 100 valence electrons. The molecular weight excluding hydrogens is 290 g/mol. The van der Waals surface area contributed by atoms with Gasteiger partial charge in [-0.25, -0.2) is 18.7 Å². The van der Waals surface area contributed by atoms with E-state index in [1.54, 1.807) is 6.07 Å². The fraction of sp³-hybridized carbons (Fsp3) is 0.231. The van der Waals surface area contributed by atoms with Crippen LogP contribution in [-0.4, -0.2) is 9.97 Å². The molecule has 0 bridgehead atoms. The molecular formula is C13H11ClF2N2S. The van der Waals surface area contributed by atoms with Gasteiger partial charge in [-0.15, -0.1) is 0 Å². The smallest absolute Gasteiger partial charge is 0.159 e. The van der Waals surface area contributed by atoms with Crippen LogP contribution in [0.1, 0.15) is 19.2 Å². The van der Waals surface area contributed by atoms with Crippen molar-refractivity contribution >= 4 is 23.4 Å². The summed E-state index contributed by atoms with van der Waals surface area (Å²) in [7, 11) is 0. The van der Waals surface area contributed by atoms with Crippen molar-refractivity contribution in [3.05, 3.63) is 46.9 Å². The summed E-state index contributed by atoms with van der Waals surface area (Å²) >= 11 is 7.13. The zero-order chi connectivity index (χ0) is 13.8. The summed E-state index contributed by atoms with van der Waals surface area (Å²) < 4.78 is 25.9. The Morgan fingerprint density at radius 2 is 1.95 bits per heavy atom. The molecule has 1 aromatic carbocycles. The van der Waals surface area contributed by atoms with E-state index in [1.807, 2.05) is 6.92 Å². The highest BCUT2D eigenvalue weighted by Crippen LogP contribution is 2.28. The average Bonchev–Trinajstić information content (AvgIpc) is 2.33. The lowest BCUT2D eigenvalue weighted by Crippen LogP contribution is -1.96. The number of halogens is 3. The summed E-state index contributed by atoms with van der Waals surface area (Å²) in [4.78, 5) is 8.99. The number of rotatable bonds is 4. The molecule has 1 heterocycles. The summed E-state index contributed by atoms with van der Waals surface area (Å²) in [5, 5.41) is 0.970. The highest BCUT2D eigenvalue weighted by atomic mass is 35.5. The van der Waals surface area contributed by atoms with Crippen molar-refractivity contribution < 1.29 is 8.78 Å². The van der Waals surface area contributed by atoms with E-state index < -0.39 is 11.6 Å². The van der Waals surface area contributed by atoms with E-state index in [0.717, 1.165) is 25.0 Å². The van der Waals surface area contributed by atoms with Crippen LogP contribution in [0.4, 0.5) is 8.78 Å². The van der Waals surface area contributed by atoms with Gasteiger partial charge in [-0.2, -0.15) is 0 Å². The largest absolute Gasteiger partial charge is 0.226 e. The molecule has 0 aliphatic heterocycles. The zero-order valence-electron chi connectivity index (χ0n) is 10.2. The molecule has 1 aromatic heterocycles. The van der Waals surface area contributed by atoms with Crippen LogP contribution in [0, 0.1) is 11.6 Å². The Labute approximate surface area is 119 Å². The van der Waals surface area contributed by atoms with Crippen LogP contribution < -0.4 is 0 Å². The Bertz CT molecular complexity index is 593. The van der Waals surface area contributed by atoms with E-state index >= 15 is 0 Å². The monoisotopic (exact) mass is 300 g/mol. The Kier molecular flexibility index (Phi) is 4.71. The topological polar surface area (TPSA) is 25.8 Å². The second-order valence-corrected chi connectivity index (χ2v) is 5.35. The second kappa shape index (κ2) is 6.30. The van der Waals surface area contributed by atoms with Crippen LogP contribution in [0.5, 0.6) is 0 Å². The first kappa shape index (κ1) is 14.2. The van der Waals surface area contributed by atoms with Crippen molar-refractivity contribution in [2.75, 3.05) is 0 Å². The summed E-state index contributed by atoms with van der Waals surface area (Å²) in [5.41, 5.74) is 0. The molecule has 0 amide bonds. The van der Waals surface area contributed by atoms with E-state index in [9.17, 15) is 8.78 Å². The van der Waals surface area contributed by atoms with Gasteiger partial charge in [0.2, 0.25) is 0 Å². The minimum Gasteiger partial charge on any atom is -0.226 e. The Hall–Kier alpha value is -1.20. The molecule has 0 radical (unpaired) electrons. The first-order valence-corrected chi connectivity index (χ1v) is 6.94. The van der Waals surface area contributed by atoms with Gasteiger partial charge in [0.25, 0.3) is 0 Å². The number of aryl methyl sites for hydroxylation is 1. The van der Waals surface area contributed by atoms with Gasteiger partial charge in [0, 0.05) is 17.4 Å². The predicted molar refractivity (Wildman–Crippen MR) is 71.5 cm³/mol. The molecule has 2 rings (SSSR count). The van der Waals surface area contributed by atoms with Crippen molar-refractivity contribution in [1.29, 1.82) is 0 Å². The molecule has 0 aliphatic carbocycles. The third-order valence-corrected chi connectivity index (χ3v) is 3.41. The van der Waals surface area contributed by atoms with Crippen molar-refractivity contribution in [1.82, 2.24) is 9.97 Å². The highest BCUT2D eigenvalue weighted by Gasteiger charge is 2.07. The molecule has 0 saturated carbocycles. The van der Waals surface area contributed by atoms with Gasteiger partial charge < -0.3 is 0 Å². The number of hydrogen-bond acceptors (Lipinski definition) is 3. The number of benzene rings is 1. The van der Waals surface area contributed by atoms with Gasteiger partial charge in [0.05, 0.1) is 0 Å². The van der Waals surface area contributed by atoms with Crippen LogP contribution >= 0.6 is 23.4 Å². The summed E-state index contributed by atoms with van der Waals surface area (Å²) in [6, 6.07) is 5.33. The molecule has 0 N–H and O–H groups in total. The molecule has 0 atom stereocenters. The molecule has 0 fully saturated rings. The van der Waals surface area contributed by atoms with E-state index in [0.29, 0.717) is 20.9 Å². The van der Waals surface area contributed by atoms with Crippen molar-refractivity contribution in [3.63, 3.8) is 0 Å². The van der Waals surface area contributed by atoms with Crippen LogP contribution in [0.2, 0.25) is 5.15 Å². The fourth-order valence-electron chi connectivity index (χ4n) is 1.49. The highest BCUT2D eigenvalue weighted by molar-refractivity contribution is 7.99. The minimum atomic E-state index is -0.876. The minimum absolute atomic E-state index is 0.350. The standard InChI is InChI=1S/C13H11ClF2N2S/c1-2-3-12-17-11(14)7-13(18-12)19-8-4-5-9(15)10(16)6-8/h4-7H,2-3H2,1H3. The third-order valence-electron chi connectivity index (χ3n) is 2.30. The fourth-order valence-corrected chi connectivity index (χ4v) is 2.62. The Morgan fingerprint density at radius 3 is 2.63 bits per heavy atom. The SMILES string of the molecule is CCCc1nc(Cl)cc(Sc2ccc(F)c(F)c2)n1. The number of hydrogen-bond donors (Lipinski definition) is 0. The maximum atomic E-state index is 13.1. The van der Waals surface area contributed by atoms with Gasteiger partial charge in [-0.1, -0.05) is 30.3 Å². The second-order valence-electron chi connectivity index (χ2n) is 3.87. The normalized spacial score (nSPS) is 10.7. The predicted octanol–water partition coefficient (Wildman–Crippen LogP) is 4.51. The molecule has 2 aromatic rings. The van der Waals surface area contributed by atoms with Gasteiger partial charge >= 0.3 is 0 Å². The van der Waals surface area contributed by atoms with Crippen LogP contribution in [0.25, 0.3) is 0 Å². The first-order chi connectivity index (χ1) is 9.08. The lowest BCUT2D eigenvalue weighted by Gasteiger charge is -2.04. The maximum Gasteiger partial charge on any atom is 0.159 e. The van der Waals surface area contributed by atoms with Crippen molar-refractivity contribution in [2.45, 2.75) is 29.7 Å². The van der Waals surface area contributed by atoms with Gasteiger partial charge in [0.1, 0.15) is 16.0 Å². The van der Waals surface area contributed by atoms with Crippen LogP contribution in [0.3, 0.4) is 0 Å². The van der Waals surface area contributed by atoms with E-state index in [2.05, 4.69) is 9.97 Å². The molecule has 2 nitrogen and oxygen atoms in total. The summed E-state index contributed by atoms with van der Waals surface area (Å²) in [6.45, 7) is 2.02. The maximum absolute atomic E-state index is 13.1. The first-order valence-electron chi connectivity index (χ1n) is 5.75. The van der Waals surface area contributed by atoms with E-state index in [4.69, 9.17) is 11.6 Å². The lowest BCUT2D eigenvalue weighted by atomic mass is 10.3. The molecule has 19 heavy (non-hydrogen) atoms. The molecule has 0 spiro atoms. The molecule has 6 heteroatoms. The van der Waals surface area contributed by atoms with Gasteiger partial charge in [-0.05, 0) is 24.6 Å². The Morgan fingerprint density at radius 1 is 1.16 bits per heavy atom. The molecule has 0 unspecified atom stereocenters. The summed E-state index contributed by atoms with van der Waals surface area (Å²) in [6.07, 6.45) is 1.64. The van der Waals surface area contributed by atoms with E-state index in [1.165, 1.54) is 17.8 Å². The van der Waals surface area contributed by atoms with Crippen molar-refractivity contribution in [2.24, 2.45) is 0 Å². The van der Waals surface area contributed by atoms with Crippen molar-refractivity contribution in [3.8, 4) is 0 Å². The molecule has 0 aliphatic rings. The van der Waals surface area contributed by atoms with E-state index in [-0.39, 0.29) is 0 Å². The third kappa shape index (κ3) is 3.88. The lowest BCUT2D eigenvalue weighted by molar-refractivity contribution is 0.506. The number of nitrogens with zero attached hydrogens (tertiary/aromatic N) is 2.